The molecule has 11 aromatic rings. The van der Waals surface area contributed by atoms with Crippen molar-refractivity contribution in [3.05, 3.63) is 187 Å². The van der Waals surface area contributed by atoms with E-state index in [4.69, 9.17) is 24.7 Å². The molecule has 0 N–H and O–H groups in total. The molecule has 3 nitrogen and oxygen atoms in total. The van der Waals surface area contributed by atoms with Crippen molar-refractivity contribution in [2.75, 3.05) is 0 Å². The van der Waals surface area contributed by atoms with E-state index >= 15 is 0 Å². The Morgan fingerprint density at radius 3 is 1.29 bits per heavy atom. The Morgan fingerprint density at radius 2 is 0.706 bits per heavy atom. The highest BCUT2D eigenvalue weighted by molar-refractivity contribution is 6.17. The van der Waals surface area contributed by atoms with Crippen LogP contribution in [0.5, 0.6) is 0 Å². The van der Waals surface area contributed by atoms with Gasteiger partial charge in [-0.25, -0.2) is 0 Å². The average molecular weight is 681 g/mol. The van der Waals surface area contributed by atoms with Crippen LogP contribution in [0.25, 0.3) is 93.6 Å². The molecular formula is C48H31N3. The van der Waals surface area contributed by atoms with Crippen LogP contribution in [-0.4, -0.2) is 13.7 Å². The second-order valence-electron chi connectivity index (χ2n) is 11.0. The SMILES string of the molecule is [2H]c1c([2H])c([2H])c(-n2c3c([2H])c([2H])c([2H])c([2H])c3c3c([2H])c(-c4c([2H])c([2H])c5c(c4[2H])c4c([2H])c([2H])c([2H])c([2H])c4n5-c4c([2H])c([2H])c([2H])c5c4c4c([2H])c([2H])c([2H])c([2H])c4n5-c4c([2H])c([2H])c([2H])c([2H])c4[2H])c([2H])c([2H])c32)c([2H])c1[2H]. The largest absolute Gasteiger partial charge is 0.309 e. The van der Waals surface area contributed by atoms with Crippen molar-refractivity contribution in [2.24, 2.45) is 0 Å². The molecule has 0 aliphatic carbocycles. The van der Waals surface area contributed by atoms with Crippen molar-refractivity contribution < 1.29 is 42.5 Å². The van der Waals surface area contributed by atoms with Crippen molar-refractivity contribution in [1.82, 2.24) is 13.7 Å². The Bertz CT molecular complexity index is 4880. The first-order valence-corrected chi connectivity index (χ1v) is 15.0. The van der Waals surface area contributed by atoms with Crippen molar-refractivity contribution in [3.8, 4) is 28.2 Å². The lowest BCUT2D eigenvalue weighted by atomic mass is 10.0. The van der Waals surface area contributed by atoms with E-state index in [1.807, 2.05) is 0 Å². The van der Waals surface area contributed by atoms with Gasteiger partial charge in [-0.3, -0.25) is 0 Å². The smallest absolute Gasteiger partial charge is 0.0645 e. The van der Waals surface area contributed by atoms with Crippen LogP contribution in [0.1, 0.15) is 42.5 Å². The molecule has 238 valence electrons. The van der Waals surface area contributed by atoms with Gasteiger partial charge in [0.25, 0.3) is 0 Å². The van der Waals surface area contributed by atoms with E-state index < -0.39 is 281 Å². The molecule has 3 heterocycles. The molecule has 3 heteroatoms. The fourth-order valence-electron chi connectivity index (χ4n) is 6.39. The van der Waals surface area contributed by atoms with Gasteiger partial charge in [-0.05, 0) is 89.7 Å². The van der Waals surface area contributed by atoms with Gasteiger partial charge in [0.05, 0.1) is 81.3 Å². The third-order valence-corrected chi connectivity index (χ3v) is 8.41. The summed E-state index contributed by atoms with van der Waals surface area (Å²) in [6.07, 6.45) is 0. The van der Waals surface area contributed by atoms with Crippen LogP contribution in [-0.2, 0) is 0 Å². The van der Waals surface area contributed by atoms with Gasteiger partial charge in [0.15, 0.2) is 0 Å². The summed E-state index contributed by atoms with van der Waals surface area (Å²) >= 11 is 0. The Morgan fingerprint density at radius 1 is 0.294 bits per heavy atom. The van der Waals surface area contributed by atoms with Gasteiger partial charge in [-0.15, -0.1) is 0 Å². The fourth-order valence-corrected chi connectivity index (χ4v) is 6.39. The minimum atomic E-state index is -1.11. The van der Waals surface area contributed by atoms with Crippen molar-refractivity contribution >= 4 is 65.4 Å². The number of rotatable bonds is 4. The molecule has 11 rings (SSSR count). The summed E-state index contributed by atoms with van der Waals surface area (Å²) in [6, 6.07) is -29.6. The molecule has 0 aliphatic rings. The summed E-state index contributed by atoms with van der Waals surface area (Å²) in [6.45, 7) is 0. The maximum atomic E-state index is 10.0. The fraction of sp³-hybridized carbons (Fsp3) is 0. The van der Waals surface area contributed by atoms with E-state index in [1.165, 1.54) is 0 Å². The first-order chi connectivity index (χ1) is 38.2. The average Bonchev–Trinajstić information content (AvgIpc) is 2.42. The maximum Gasteiger partial charge on any atom is 0.0645 e. The Hall–Kier alpha value is -6.84. The Balaban J connectivity index is 1.39. The zero-order valence-corrected chi connectivity index (χ0v) is 25.3. The van der Waals surface area contributed by atoms with Crippen LogP contribution < -0.4 is 0 Å². The number of hydrogen-bond donors (Lipinski definition) is 0. The van der Waals surface area contributed by atoms with Crippen LogP contribution in [0.3, 0.4) is 0 Å². The molecule has 0 radical (unpaired) electrons. The number of aromatic nitrogens is 3. The summed E-state index contributed by atoms with van der Waals surface area (Å²) in [7, 11) is 0. The van der Waals surface area contributed by atoms with E-state index in [1.54, 1.807) is 0 Å². The van der Waals surface area contributed by atoms with Crippen molar-refractivity contribution in [3.63, 3.8) is 0 Å². The zero-order chi connectivity index (χ0) is 60.4. The predicted molar refractivity (Wildman–Crippen MR) is 215 cm³/mol. The summed E-state index contributed by atoms with van der Waals surface area (Å²) in [4.78, 5) is 0. The first kappa shape index (κ1) is 11.3. The van der Waals surface area contributed by atoms with E-state index in [0.29, 0.717) is 0 Å². The van der Waals surface area contributed by atoms with Crippen molar-refractivity contribution in [1.29, 1.82) is 0 Å². The van der Waals surface area contributed by atoms with E-state index in [0.717, 1.165) is 13.7 Å². The van der Waals surface area contributed by atoms with Crippen LogP contribution in [0.15, 0.2) is 187 Å². The predicted octanol–water partition coefficient (Wildman–Crippen LogP) is 12.6. The Kier molecular flexibility index (Phi) is 2.41. The van der Waals surface area contributed by atoms with Crippen LogP contribution in [0, 0.1) is 0 Å². The first-order valence-electron chi connectivity index (χ1n) is 30.5. The van der Waals surface area contributed by atoms with Crippen LogP contribution >= 0.6 is 0 Å². The monoisotopic (exact) mass is 680 g/mol. The Labute approximate surface area is 338 Å². The van der Waals surface area contributed by atoms with Crippen LogP contribution in [0.2, 0.25) is 0 Å². The van der Waals surface area contributed by atoms with Crippen molar-refractivity contribution in [2.45, 2.75) is 0 Å². The lowest BCUT2D eigenvalue weighted by molar-refractivity contribution is 1.17. The van der Waals surface area contributed by atoms with Crippen LogP contribution in [0.4, 0.5) is 0 Å². The van der Waals surface area contributed by atoms with E-state index in [2.05, 4.69) is 0 Å². The third-order valence-electron chi connectivity index (χ3n) is 8.41. The summed E-state index contributed by atoms with van der Waals surface area (Å²) < 4.78 is 283. The number of hydrogen-bond acceptors (Lipinski definition) is 0. The molecule has 0 atom stereocenters. The summed E-state index contributed by atoms with van der Waals surface area (Å²) in [5, 5.41) is -3.84. The van der Waals surface area contributed by atoms with Gasteiger partial charge in [0, 0.05) is 43.7 Å². The second-order valence-corrected chi connectivity index (χ2v) is 11.0. The lowest BCUT2D eigenvalue weighted by Gasteiger charge is -2.12. The molecule has 0 aliphatic heterocycles. The minimum absolute atomic E-state index is 0.583. The topological polar surface area (TPSA) is 14.8 Å². The molecule has 0 bridgehead atoms. The van der Waals surface area contributed by atoms with Gasteiger partial charge in [0.2, 0.25) is 0 Å². The number of benzene rings is 8. The molecule has 0 saturated carbocycles. The number of nitrogens with zero attached hydrogens (tertiary/aromatic N) is 3. The van der Waals surface area contributed by atoms with Gasteiger partial charge >= 0.3 is 0 Å². The summed E-state index contributed by atoms with van der Waals surface area (Å²) in [5.74, 6) is 0. The highest BCUT2D eigenvalue weighted by Crippen LogP contribution is 2.41. The molecule has 3 aromatic heterocycles. The minimum Gasteiger partial charge on any atom is -0.309 e. The second kappa shape index (κ2) is 10.8. The van der Waals surface area contributed by atoms with Gasteiger partial charge < -0.3 is 13.7 Å². The highest BCUT2D eigenvalue weighted by atomic mass is 15.0. The zero-order valence-electron chi connectivity index (χ0n) is 56.3. The number of fused-ring (bicyclic) bond motifs is 9. The van der Waals surface area contributed by atoms with E-state index in [-0.39, 0.29) is 0 Å². The van der Waals surface area contributed by atoms with E-state index in [9.17, 15) is 17.8 Å². The molecule has 0 fully saturated rings. The number of para-hydroxylation sites is 5. The quantitative estimate of drug-likeness (QED) is 0.176. The van der Waals surface area contributed by atoms with Gasteiger partial charge in [0.1, 0.15) is 0 Å². The maximum absolute atomic E-state index is 10.0. The standard InChI is InChI=1S/C48H31N3/c1-3-14-34(15-4-1)49-41-21-10-7-18-36(41)39-30-32(26-28-44(39)49)33-27-29-45-40(31-33)37-19-8-11-22-42(37)51(45)47-25-13-24-46-48(47)38-20-9-12-23-43(38)50(46)35-16-5-2-6-17-35/h1-31H/i1D,2D,3D,4D,5D,6D,7D,8D,9D,10D,11D,12D,13D,14D,15D,16D,17D,18D,19D,20D,21D,22D,23D,24D,25D,26D,27D,28D,29D,30D,31D. The normalized spacial score (nSPS) is 20.4. The van der Waals surface area contributed by atoms with Gasteiger partial charge in [-0.1, -0.05) is 109 Å². The molecule has 0 saturated heterocycles. The van der Waals surface area contributed by atoms with Gasteiger partial charge in [-0.2, -0.15) is 0 Å². The molecule has 0 spiro atoms. The summed E-state index contributed by atoms with van der Waals surface area (Å²) in [5.41, 5.74) is -8.19. The molecule has 51 heavy (non-hydrogen) atoms. The molecule has 0 unspecified atom stereocenters. The third kappa shape index (κ3) is 4.06. The lowest BCUT2D eigenvalue weighted by Crippen LogP contribution is -1.96. The highest BCUT2D eigenvalue weighted by Gasteiger charge is 2.20. The molecular weight excluding hydrogens is 619 g/mol. The molecule has 8 aromatic carbocycles. The molecule has 0 amide bonds.